The molecule has 0 atom stereocenters. The van der Waals surface area contributed by atoms with Gasteiger partial charge in [0.2, 0.25) is 0 Å². The predicted octanol–water partition coefficient (Wildman–Crippen LogP) is 3.55. The number of ether oxygens (including phenoxy) is 1. The molecule has 1 rings (SSSR count). The number of azide groups is 1. The fourth-order valence-electron chi connectivity index (χ4n) is 0.977. The summed E-state index contributed by atoms with van der Waals surface area (Å²) in [5, 5.41) is 3.34. The third-order valence-electron chi connectivity index (χ3n) is 1.45. The van der Waals surface area contributed by atoms with E-state index in [1.807, 2.05) is 0 Å². The molecule has 4 nitrogen and oxygen atoms in total. The molecule has 0 aromatic heterocycles. The van der Waals surface area contributed by atoms with Gasteiger partial charge in [-0.3, -0.25) is 0 Å². The molecule has 0 saturated heterocycles. The number of hydrogen-bond acceptors (Lipinski definition) is 2. The van der Waals surface area contributed by atoms with E-state index in [1.54, 1.807) is 13.8 Å². The molecule has 0 N–H and O–H groups in total. The zero-order valence-corrected chi connectivity index (χ0v) is 7.94. The van der Waals surface area contributed by atoms with Gasteiger partial charge in [-0.1, -0.05) is 11.2 Å². The molecule has 1 aromatic rings. The third kappa shape index (κ3) is 2.37. The first-order valence-electron chi connectivity index (χ1n) is 4.15. The van der Waals surface area contributed by atoms with Gasteiger partial charge in [0.15, 0.2) is 11.6 Å². The van der Waals surface area contributed by atoms with Crippen LogP contribution in [0.3, 0.4) is 0 Å². The van der Waals surface area contributed by atoms with Gasteiger partial charge in [-0.15, -0.1) is 0 Å². The molecular formula is C9H10FN3O. The minimum absolute atomic E-state index is 0.000278. The molecule has 0 aliphatic rings. The van der Waals surface area contributed by atoms with Crippen molar-refractivity contribution in [1.82, 2.24) is 0 Å². The van der Waals surface area contributed by atoms with Crippen molar-refractivity contribution >= 4 is 5.69 Å². The summed E-state index contributed by atoms with van der Waals surface area (Å²) in [5.41, 5.74) is 8.42. The van der Waals surface area contributed by atoms with Gasteiger partial charge >= 0.3 is 0 Å². The van der Waals surface area contributed by atoms with Crippen LogP contribution in [0.15, 0.2) is 23.3 Å². The Balaban J connectivity index is 3.14. The highest BCUT2D eigenvalue weighted by Crippen LogP contribution is 2.31. The molecule has 0 heterocycles. The van der Waals surface area contributed by atoms with E-state index in [0.717, 1.165) is 0 Å². The predicted molar refractivity (Wildman–Crippen MR) is 51.0 cm³/mol. The van der Waals surface area contributed by atoms with E-state index in [0.29, 0.717) is 0 Å². The lowest BCUT2D eigenvalue weighted by Gasteiger charge is -2.12. The van der Waals surface area contributed by atoms with Crippen LogP contribution >= 0.6 is 0 Å². The van der Waals surface area contributed by atoms with Crippen LogP contribution in [0.25, 0.3) is 10.4 Å². The molecule has 14 heavy (non-hydrogen) atoms. The van der Waals surface area contributed by atoms with Gasteiger partial charge in [-0.05, 0) is 31.5 Å². The quantitative estimate of drug-likeness (QED) is 0.413. The number of benzene rings is 1. The standard InChI is InChI=1S/C9H10FN3O/c1-6(2)14-9-7(10)4-3-5-8(9)12-13-11/h3-6H,1-2H3. The van der Waals surface area contributed by atoms with Crippen molar-refractivity contribution in [3.63, 3.8) is 0 Å². The Labute approximate surface area is 80.9 Å². The normalized spacial score (nSPS) is 9.71. The van der Waals surface area contributed by atoms with Crippen LogP contribution in [0.1, 0.15) is 13.8 Å². The van der Waals surface area contributed by atoms with Crippen LogP contribution in [-0.4, -0.2) is 6.10 Å². The maximum absolute atomic E-state index is 13.2. The second-order valence-electron chi connectivity index (χ2n) is 2.94. The summed E-state index contributed by atoms with van der Waals surface area (Å²) in [7, 11) is 0. The fraction of sp³-hybridized carbons (Fsp3) is 0.333. The molecule has 0 aliphatic heterocycles. The Hall–Kier alpha value is -1.74. The van der Waals surface area contributed by atoms with Crippen molar-refractivity contribution in [1.29, 1.82) is 0 Å². The highest BCUT2D eigenvalue weighted by Gasteiger charge is 2.09. The smallest absolute Gasteiger partial charge is 0.165 e. The summed E-state index contributed by atoms with van der Waals surface area (Å²) >= 11 is 0. The minimum atomic E-state index is -0.524. The Kier molecular flexibility index (Phi) is 3.31. The molecular weight excluding hydrogens is 185 g/mol. The van der Waals surface area contributed by atoms with Crippen LogP contribution in [0.2, 0.25) is 0 Å². The second kappa shape index (κ2) is 4.48. The first-order valence-corrected chi connectivity index (χ1v) is 4.15. The largest absolute Gasteiger partial charge is 0.487 e. The lowest BCUT2D eigenvalue weighted by atomic mass is 10.3. The van der Waals surface area contributed by atoms with E-state index in [2.05, 4.69) is 10.0 Å². The van der Waals surface area contributed by atoms with Gasteiger partial charge in [-0.2, -0.15) is 0 Å². The van der Waals surface area contributed by atoms with Gasteiger partial charge in [0.1, 0.15) is 0 Å². The molecule has 1 aromatic carbocycles. The number of hydrogen-bond donors (Lipinski definition) is 0. The molecule has 0 unspecified atom stereocenters. The van der Waals surface area contributed by atoms with E-state index in [1.165, 1.54) is 18.2 Å². The molecule has 0 spiro atoms. The molecule has 5 heteroatoms. The number of para-hydroxylation sites is 1. The van der Waals surface area contributed by atoms with Crippen molar-refractivity contribution in [2.75, 3.05) is 0 Å². The summed E-state index contributed by atoms with van der Waals surface area (Å²) < 4.78 is 18.4. The molecule has 74 valence electrons. The van der Waals surface area contributed by atoms with Crippen molar-refractivity contribution in [3.05, 3.63) is 34.5 Å². The Morgan fingerprint density at radius 1 is 1.50 bits per heavy atom. The molecule has 0 bridgehead atoms. The SMILES string of the molecule is CC(C)Oc1c(F)cccc1N=[N+]=[N-]. The Morgan fingerprint density at radius 3 is 2.79 bits per heavy atom. The van der Waals surface area contributed by atoms with Crippen molar-refractivity contribution in [3.8, 4) is 5.75 Å². The molecule has 0 fully saturated rings. The lowest BCUT2D eigenvalue weighted by molar-refractivity contribution is 0.232. The maximum Gasteiger partial charge on any atom is 0.165 e. The fourth-order valence-corrected chi connectivity index (χ4v) is 0.977. The zero-order chi connectivity index (χ0) is 10.6. The van der Waals surface area contributed by atoms with E-state index in [-0.39, 0.29) is 17.5 Å². The van der Waals surface area contributed by atoms with Crippen LogP contribution in [0.4, 0.5) is 10.1 Å². The maximum atomic E-state index is 13.2. The van der Waals surface area contributed by atoms with E-state index >= 15 is 0 Å². The third-order valence-corrected chi connectivity index (χ3v) is 1.45. The molecule has 0 saturated carbocycles. The minimum Gasteiger partial charge on any atom is -0.487 e. The summed E-state index contributed by atoms with van der Waals surface area (Å²) in [6.45, 7) is 3.54. The first-order chi connectivity index (χ1) is 6.65. The monoisotopic (exact) mass is 195 g/mol. The highest BCUT2D eigenvalue weighted by molar-refractivity contribution is 5.52. The van der Waals surface area contributed by atoms with Crippen molar-refractivity contribution in [2.45, 2.75) is 20.0 Å². The average molecular weight is 195 g/mol. The molecule has 0 aliphatic carbocycles. The van der Waals surface area contributed by atoms with E-state index in [4.69, 9.17) is 10.3 Å². The zero-order valence-electron chi connectivity index (χ0n) is 7.94. The highest BCUT2D eigenvalue weighted by atomic mass is 19.1. The molecule has 0 amide bonds. The van der Waals surface area contributed by atoms with Gasteiger partial charge < -0.3 is 4.74 Å². The van der Waals surface area contributed by atoms with Gasteiger partial charge in [0.05, 0.1) is 11.8 Å². The van der Waals surface area contributed by atoms with Gasteiger partial charge in [0, 0.05) is 4.91 Å². The van der Waals surface area contributed by atoms with Crippen molar-refractivity contribution < 1.29 is 9.13 Å². The van der Waals surface area contributed by atoms with Crippen LogP contribution in [-0.2, 0) is 0 Å². The summed E-state index contributed by atoms with van der Waals surface area (Å²) in [5.74, 6) is -0.524. The van der Waals surface area contributed by atoms with Crippen molar-refractivity contribution in [2.24, 2.45) is 5.11 Å². The Morgan fingerprint density at radius 2 is 2.21 bits per heavy atom. The number of nitrogens with zero attached hydrogens (tertiary/aromatic N) is 3. The van der Waals surface area contributed by atoms with E-state index in [9.17, 15) is 4.39 Å². The average Bonchev–Trinajstić information content (AvgIpc) is 2.11. The Bertz CT molecular complexity index is 372. The van der Waals surface area contributed by atoms with Crippen LogP contribution in [0.5, 0.6) is 5.75 Å². The summed E-state index contributed by atoms with van der Waals surface area (Å²) in [6, 6.07) is 4.22. The van der Waals surface area contributed by atoms with Crippen LogP contribution < -0.4 is 4.74 Å². The topological polar surface area (TPSA) is 58.0 Å². The summed E-state index contributed by atoms with van der Waals surface area (Å²) in [4.78, 5) is 2.59. The first kappa shape index (κ1) is 10.3. The van der Waals surface area contributed by atoms with Crippen LogP contribution in [0, 0.1) is 5.82 Å². The van der Waals surface area contributed by atoms with Gasteiger partial charge in [0.25, 0.3) is 0 Å². The second-order valence-corrected chi connectivity index (χ2v) is 2.94. The number of rotatable bonds is 3. The molecule has 0 radical (unpaired) electrons. The number of halogens is 1. The summed E-state index contributed by atoms with van der Waals surface area (Å²) in [6.07, 6.45) is -0.167. The lowest BCUT2D eigenvalue weighted by Crippen LogP contribution is -2.06. The van der Waals surface area contributed by atoms with Gasteiger partial charge in [-0.25, -0.2) is 4.39 Å². The van der Waals surface area contributed by atoms with E-state index < -0.39 is 5.82 Å².